The second-order valence-electron chi connectivity index (χ2n) is 6.23. The summed E-state index contributed by atoms with van der Waals surface area (Å²) in [6.45, 7) is 3.93. The molecule has 3 aromatic rings. The van der Waals surface area contributed by atoms with Gasteiger partial charge in [0.15, 0.2) is 0 Å². The second-order valence-corrected chi connectivity index (χ2v) is 8.57. The lowest BCUT2D eigenvalue weighted by Crippen LogP contribution is -2.31. The number of rotatable bonds is 6. The Morgan fingerprint density at radius 1 is 1.11 bits per heavy atom. The average molecular weight is 406 g/mol. The lowest BCUT2D eigenvalue weighted by molar-refractivity contribution is 0.438. The largest absolute Gasteiger partial charge is 0.328 e. The number of benzene rings is 2. The summed E-state index contributed by atoms with van der Waals surface area (Å²) in [5.74, 6) is 0. The van der Waals surface area contributed by atoms with Crippen LogP contribution in [0.2, 0.25) is 5.02 Å². The molecule has 6 nitrogen and oxygen atoms in total. The maximum atomic E-state index is 13.2. The molecule has 0 atom stereocenters. The van der Waals surface area contributed by atoms with Gasteiger partial charge in [-0.1, -0.05) is 35.9 Å². The molecule has 0 bridgehead atoms. The minimum Gasteiger partial charge on any atom is -0.295 e. The van der Waals surface area contributed by atoms with E-state index in [1.807, 2.05) is 6.07 Å². The smallest absolute Gasteiger partial charge is 0.295 e. The Labute approximate surface area is 163 Å². The van der Waals surface area contributed by atoms with Gasteiger partial charge in [0.05, 0.1) is 15.9 Å². The fraction of sp³-hybridized carbons (Fsp3) is 0.211. The van der Waals surface area contributed by atoms with E-state index in [0.29, 0.717) is 21.6 Å². The maximum Gasteiger partial charge on any atom is 0.328 e. The summed E-state index contributed by atoms with van der Waals surface area (Å²) in [5.41, 5.74) is 1.72. The van der Waals surface area contributed by atoms with Gasteiger partial charge in [-0.3, -0.25) is 9.13 Å². The summed E-state index contributed by atoms with van der Waals surface area (Å²) in [6.07, 6.45) is 1.53. The van der Waals surface area contributed by atoms with E-state index >= 15 is 0 Å². The molecule has 27 heavy (non-hydrogen) atoms. The van der Waals surface area contributed by atoms with Gasteiger partial charge in [-0.05, 0) is 29.8 Å². The van der Waals surface area contributed by atoms with Crippen LogP contribution in [0.1, 0.15) is 5.56 Å². The van der Waals surface area contributed by atoms with Crippen LogP contribution in [0.4, 0.5) is 0 Å². The maximum absolute atomic E-state index is 13.2. The third kappa shape index (κ3) is 3.45. The van der Waals surface area contributed by atoms with Crippen LogP contribution in [0, 0.1) is 0 Å². The lowest BCUT2D eigenvalue weighted by Gasteiger charge is -2.21. The van der Waals surface area contributed by atoms with Crippen molar-refractivity contribution >= 4 is 32.7 Å². The summed E-state index contributed by atoms with van der Waals surface area (Å²) in [4.78, 5) is 12.2. The van der Waals surface area contributed by atoms with Crippen molar-refractivity contribution in [3.8, 4) is 0 Å². The van der Waals surface area contributed by atoms with Crippen molar-refractivity contribution in [1.82, 2.24) is 13.4 Å². The highest BCUT2D eigenvalue weighted by atomic mass is 35.5. The zero-order valence-electron chi connectivity index (χ0n) is 15.1. The first-order valence-electron chi connectivity index (χ1n) is 8.27. The molecule has 0 spiro atoms. The monoisotopic (exact) mass is 405 g/mol. The van der Waals surface area contributed by atoms with E-state index in [1.54, 1.807) is 38.4 Å². The number of imidazole rings is 1. The van der Waals surface area contributed by atoms with E-state index < -0.39 is 10.0 Å². The van der Waals surface area contributed by atoms with Crippen LogP contribution in [0.3, 0.4) is 0 Å². The molecule has 0 saturated heterocycles. The normalized spacial score (nSPS) is 12.0. The molecule has 3 rings (SSSR count). The third-order valence-electron chi connectivity index (χ3n) is 4.52. The van der Waals surface area contributed by atoms with Crippen LogP contribution in [-0.2, 0) is 30.7 Å². The second kappa shape index (κ2) is 7.34. The minimum atomic E-state index is -3.81. The summed E-state index contributed by atoms with van der Waals surface area (Å²) in [5, 5.41) is 0.502. The number of aromatic nitrogens is 2. The number of sulfonamides is 1. The highest BCUT2D eigenvalue weighted by Crippen LogP contribution is 2.24. The number of aryl methyl sites for hydroxylation is 2. The quantitative estimate of drug-likeness (QED) is 0.592. The van der Waals surface area contributed by atoms with E-state index in [0.717, 1.165) is 0 Å². The molecule has 0 aliphatic carbocycles. The first-order valence-corrected chi connectivity index (χ1v) is 10.1. The van der Waals surface area contributed by atoms with Crippen LogP contribution < -0.4 is 5.69 Å². The number of fused-ring (bicyclic) bond motifs is 1. The van der Waals surface area contributed by atoms with Crippen LogP contribution in [0.5, 0.6) is 0 Å². The van der Waals surface area contributed by atoms with Crippen molar-refractivity contribution in [2.45, 2.75) is 11.4 Å². The summed E-state index contributed by atoms with van der Waals surface area (Å²) < 4.78 is 30.7. The van der Waals surface area contributed by atoms with Crippen LogP contribution in [0.15, 0.2) is 64.8 Å². The molecule has 0 N–H and O–H groups in total. The van der Waals surface area contributed by atoms with E-state index in [9.17, 15) is 13.2 Å². The van der Waals surface area contributed by atoms with Gasteiger partial charge in [-0.15, -0.1) is 6.58 Å². The molecule has 0 saturated carbocycles. The van der Waals surface area contributed by atoms with Crippen molar-refractivity contribution in [3.63, 3.8) is 0 Å². The van der Waals surface area contributed by atoms with E-state index in [2.05, 4.69) is 6.58 Å². The van der Waals surface area contributed by atoms with Gasteiger partial charge in [0, 0.05) is 32.2 Å². The number of nitrogens with zero attached hydrogens (tertiary/aromatic N) is 3. The Kier molecular flexibility index (Phi) is 5.28. The van der Waals surface area contributed by atoms with Crippen molar-refractivity contribution in [2.75, 3.05) is 6.54 Å². The minimum absolute atomic E-state index is 0.116. The molecule has 0 fully saturated rings. The lowest BCUT2D eigenvalue weighted by atomic mass is 10.2. The van der Waals surface area contributed by atoms with Gasteiger partial charge in [0.2, 0.25) is 10.0 Å². The highest BCUT2D eigenvalue weighted by Gasteiger charge is 2.25. The average Bonchev–Trinajstić information content (AvgIpc) is 2.87. The molecule has 2 aromatic carbocycles. The highest BCUT2D eigenvalue weighted by molar-refractivity contribution is 7.89. The molecule has 142 valence electrons. The molecule has 0 unspecified atom stereocenters. The van der Waals surface area contributed by atoms with Gasteiger partial charge in [0.25, 0.3) is 0 Å². The zero-order valence-corrected chi connectivity index (χ0v) is 16.7. The van der Waals surface area contributed by atoms with Crippen molar-refractivity contribution < 1.29 is 8.42 Å². The van der Waals surface area contributed by atoms with Gasteiger partial charge < -0.3 is 0 Å². The summed E-state index contributed by atoms with van der Waals surface area (Å²) in [7, 11) is -0.541. The van der Waals surface area contributed by atoms with Gasteiger partial charge in [-0.2, -0.15) is 4.31 Å². The first-order chi connectivity index (χ1) is 12.8. The zero-order chi connectivity index (χ0) is 19.8. The van der Waals surface area contributed by atoms with Crippen LogP contribution in [0.25, 0.3) is 11.0 Å². The Hall–Kier alpha value is -2.35. The molecule has 1 aromatic heterocycles. The Morgan fingerprint density at radius 2 is 1.78 bits per heavy atom. The fourth-order valence-electron chi connectivity index (χ4n) is 3.00. The molecule has 0 aliphatic heterocycles. The van der Waals surface area contributed by atoms with E-state index in [1.165, 1.54) is 31.6 Å². The standard InChI is InChI=1S/C19H20ClN3O3S/c1-4-11-23(13-14-7-5-6-8-16(14)20)27(25,26)15-9-10-17-18(12-15)22(3)19(24)21(17)2/h4-10,12H,1,11,13H2,2-3H3. The summed E-state index contributed by atoms with van der Waals surface area (Å²) in [6, 6.07) is 11.8. The SMILES string of the molecule is C=CCN(Cc1ccccc1Cl)S(=O)(=O)c1ccc2c(c1)n(C)c(=O)n2C. The Bertz CT molecular complexity index is 1180. The molecule has 0 amide bonds. The van der Waals surface area contributed by atoms with Gasteiger partial charge in [0.1, 0.15) is 0 Å². The van der Waals surface area contributed by atoms with E-state index in [-0.39, 0.29) is 23.7 Å². The molecule has 8 heteroatoms. The Balaban J connectivity index is 2.08. The topological polar surface area (TPSA) is 64.3 Å². The van der Waals surface area contributed by atoms with Crippen LogP contribution in [-0.4, -0.2) is 28.4 Å². The molecule has 0 radical (unpaired) electrons. The number of hydrogen-bond acceptors (Lipinski definition) is 3. The predicted octanol–water partition coefficient (Wildman–Crippen LogP) is 2.91. The predicted molar refractivity (Wildman–Crippen MR) is 107 cm³/mol. The third-order valence-corrected chi connectivity index (χ3v) is 6.69. The molecular formula is C19H20ClN3O3S. The molecular weight excluding hydrogens is 386 g/mol. The van der Waals surface area contributed by atoms with Gasteiger partial charge in [-0.25, -0.2) is 13.2 Å². The first kappa shape index (κ1) is 19.4. The molecule has 1 heterocycles. The fourth-order valence-corrected chi connectivity index (χ4v) is 4.61. The Morgan fingerprint density at radius 3 is 2.44 bits per heavy atom. The number of halogens is 1. The molecule has 0 aliphatic rings. The van der Waals surface area contributed by atoms with Crippen LogP contribution >= 0.6 is 11.6 Å². The van der Waals surface area contributed by atoms with Crippen molar-refractivity contribution in [1.29, 1.82) is 0 Å². The van der Waals surface area contributed by atoms with Gasteiger partial charge >= 0.3 is 5.69 Å². The van der Waals surface area contributed by atoms with Crippen molar-refractivity contribution in [2.24, 2.45) is 14.1 Å². The number of hydrogen-bond donors (Lipinski definition) is 0. The summed E-state index contributed by atoms with van der Waals surface area (Å²) >= 11 is 6.20. The van der Waals surface area contributed by atoms with E-state index in [4.69, 9.17) is 11.6 Å². The van der Waals surface area contributed by atoms with Crippen molar-refractivity contribution in [3.05, 3.63) is 76.2 Å².